The number of aromatic nitrogens is 2. The summed E-state index contributed by atoms with van der Waals surface area (Å²) >= 11 is 4.97. The summed E-state index contributed by atoms with van der Waals surface area (Å²) in [6.07, 6.45) is 0. The molecule has 0 spiro atoms. The summed E-state index contributed by atoms with van der Waals surface area (Å²) in [5.74, 6) is -0.979. The Kier molecular flexibility index (Phi) is 4.30. The van der Waals surface area contributed by atoms with E-state index in [1.807, 2.05) is 49.4 Å². The van der Waals surface area contributed by atoms with Crippen molar-refractivity contribution in [3.05, 3.63) is 69.5 Å². The van der Waals surface area contributed by atoms with Crippen molar-refractivity contribution in [3.63, 3.8) is 0 Å². The Morgan fingerprint density at radius 2 is 1.85 bits per heavy atom. The van der Waals surface area contributed by atoms with Gasteiger partial charge >= 0.3 is 5.97 Å². The highest BCUT2D eigenvalue weighted by atomic mass is 79.9. The Labute approximate surface area is 162 Å². The van der Waals surface area contributed by atoms with Crippen molar-refractivity contribution in [2.45, 2.75) is 6.92 Å². The molecular weight excluding hydrogens is 412 g/mol. The molecule has 26 heavy (non-hydrogen) atoms. The van der Waals surface area contributed by atoms with Crippen LogP contribution in [-0.4, -0.2) is 21.0 Å². The minimum atomic E-state index is -0.979. The van der Waals surface area contributed by atoms with Crippen molar-refractivity contribution in [2.24, 2.45) is 0 Å². The maximum absolute atomic E-state index is 11.8. The molecular formula is C20H13BrN2O2S. The van der Waals surface area contributed by atoms with E-state index in [2.05, 4.69) is 20.9 Å². The molecule has 1 N–H and O–H groups in total. The number of hydrogen-bond acceptors (Lipinski definition) is 4. The van der Waals surface area contributed by atoms with Gasteiger partial charge in [0.25, 0.3) is 0 Å². The molecule has 4 rings (SSSR count). The van der Waals surface area contributed by atoms with Gasteiger partial charge in [-0.25, -0.2) is 14.8 Å². The van der Waals surface area contributed by atoms with E-state index in [4.69, 9.17) is 4.98 Å². The fourth-order valence-electron chi connectivity index (χ4n) is 2.83. The quantitative estimate of drug-likeness (QED) is 0.451. The Balaban J connectivity index is 1.91. The van der Waals surface area contributed by atoms with E-state index in [9.17, 15) is 9.90 Å². The van der Waals surface area contributed by atoms with Crippen LogP contribution in [0.4, 0.5) is 0 Å². The third-order valence-corrected chi connectivity index (χ3v) is 5.57. The number of carboxylic acid groups (broad SMARTS) is 1. The van der Waals surface area contributed by atoms with Gasteiger partial charge < -0.3 is 5.11 Å². The highest BCUT2D eigenvalue weighted by molar-refractivity contribution is 9.10. The zero-order valence-corrected chi connectivity index (χ0v) is 16.1. The summed E-state index contributed by atoms with van der Waals surface area (Å²) in [6.45, 7) is 1.98. The van der Waals surface area contributed by atoms with Gasteiger partial charge in [-0.1, -0.05) is 46.3 Å². The number of carboxylic acids is 1. The summed E-state index contributed by atoms with van der Waals surface area (Å²) in [5, 5.41) is 11.1. The monoisotopic (exact) mass is 424 g/mol. The number of pyridine rings is 1. The lowest BCUT2D eigenvalue weighted by Crippen LogP contribution is -2.00. The third-order valence-electron chi connectivity index (χ3n) is 4.06. The van der Waals surface area contributed by atoms with Gasteiger partial charge in [0.2, 0.25) is 0 Å². The fourth-order valence-corrected chi connectivity index (χ4v) is 4.12. The molecule has 0 bridgehead atoms. The number of carbonyl (C=O) groups is 1. The number of fused-ring (bicyclic) bond motifs is 1. The van der Waals surface area contributed by atoms with Gasteiger partial charge in [0.1, 0.15) is 10.7 Å². The van der Waals surface area contributed by atoms with E-state index in [-0.39, 0.29) is 5.56 Å². The molecule has 0 saturated heterocycles. The van der Waals surface area contributed by atoms with Crippen molar-refractivity contribution in [2.75, 3.05) is 0 Å². The zero-order chi connectivity index (χ0) is 18.3. The number of aryl methyl sites for hydroxylation is 1. The first-order valence-corrected chi connectivity index (χ1v) is 9.50. The van der Waals surface area contributed by atoms with Gasteiger partial charge in [0, 0.05) is 20.3 Å². The maximum Gasteiger partial charge on any atom is 0.336 e. The van der Waals surface area contributed by atoms with Crippen molar-refractivity contribution in [1.29, 1.82) is 0 Å². The Morgan fingerprint density at radius 1 is 1.08 bits per heavy atom. The summed E-state index contributed by atoms with van der Waals surface area (Å²) < 4.78 is 0.818. The van der Waals surface area contributed by atoms with Crippen LogP contribution < -0.4 is 0 Å². The average molecular weight is 425 g/mol. The van der Waals surface area contributed by atoms with Crippen LogP contribution in [0.3, 0.4) is 0 Å². The predicted octanol–water partition coefficient (Wildman–Crippen LogP) is 5.79. The normalized spacial score (nSPS) is 11.0. The SMILES string of the molecule is Cc1sc(-c2ccccc2)nc1-c1cc(C(=O)O)c2cc(Br)ccc2n1. The minimum Gasteiger partial charge on any atom is -0.478 e. The number of benzene rings is 2. The molecule has 0 aliphatic rings. The molecule has 0 amide bonds. The highest BCUT2D eigenvalue weighted by Crippen LogP contribution is 2.34. The largest absolute Gasteiger partial charge is 0.478 e. The van der Waals surface area contributed by atoms with Crippen LogP contribution >= 0.6 is 27.3 Å². The first kappa shape index (κ1) is 16.9. The van der Waals surface area contributed by atoms with Gasteiger partial charge in [0.15, 0.2) is 0 Å². The standard InChI is InChI=1S/C20H13BrN2O2S/c1-11-18(23-19(26-11)12-5-3-2-4-6-12)17-10-15(20(24)25)14-9-13(21)7-8-16(14)22-17/h2-10H,1H3,(H,24,25). The lowest BCUT2D eigenvalue weighted by molar-refractivity contribution is 0.0699. The van der Waals surface area contributed by atoms with E-state index in [0.29, 0.717) is 16.6 Å². The second-order valence-electron chi connectivity index (χ2n) is 5.81. The summed E-state index contributed by atoms with van der Waals surface area (Å²) in [7, 11) is 0. The average Bonchev–Trinajstić information content (AvgIpc) is 3.03. The summed E-state index contributed by atoms with van der Waals surface area (Å²) in [4.78, 5) is 22.2. The maximum atomic E-state index is 11.8. The summed E-state index contributed by atoms with van der Waals surface area (Å²) in [5.41, 5.74) is 3.20. The molecule has 0 unspecified atom stereocenters. The van der Waals surface area contributed by atoms with Gasteiger partial charge in [-0.15, -0.1) is 11.3 Å². The molecule has 4 nitrogen and oxygen atoms in total. The van der Waals surface area contributed by atoms with Crippen LogP contribution in [0.1, 0.15) is 15.2 Å². The molecule has 2 heterocycles. The molecule has 2 aromatic heterocycles. The molecule has 0 saturated carbocycles. The van der Waals surface area contributed by atoms with Crippen molar-refractivity contribution >= 4 is 44.1 Å². The molecule has 0 radical (unpaired) electrons. The van der Waals surface area contributed by atoms with Gasteiger partial charge in [-0.3, -0.25) is 0 Å². The van der Waals surface area contributed by atoms with Crippen LogP contribution in [0.5, 0.6) is 0 Å². The second kappa shape index (κ2) is 6.63. The zero-order valence-electron chi connectivity index (χ0n) is 13.7. The molecule has 2 aromatic carbocycles. The highest BCUT2D eigenvalue weighted by Gasteiger charge is 2.17. The topological polar surface area (TPSA) is 63.1 Å². The first-order chi connectivity index (χ1) is 12.5. The first-order valence-electron chi connectivity index (χ1n) is 7.90. The van der Waals surface area contributed by atoms with E-state index in [1.165, 1.54) is 0 Å². The number of rotatable bonds is 3. The minimum absolute atomic E-state index is 0.222. The van der Waals surface area contributed by atoms with Gasteiger partial charge in [0.05, 0.1) is 16.8 Å². The van der Waals surface area contributed by atoms with Crippen molar-refractivity contribution in [3.8, 4) is 22.0 Å². The van der Waals surface area contributed by atoms with Gasteiger partial charge in [-0.05, 0) is 31.2 Å². The van der Waals surface area contributed by atoms with E-state index in [1.54, 1.807) is 23.5 Å². The molecule has 128 valence electrons. The molecule has 6 heteroatoms. The van der Waals surface area contributed by atoms with Crippen LogP contribution in [0.15, 0.2) is 59.1 Å². The molecule has 0 aliphatic carbocycles. The number of hydrogen-bond donors (Lipinski definition) is 1. The van der Waals surface area contributed by atoms with Crippen LogP contribution in [0.25, 0.3) is 32.9 Å². The number of thiazole rings is 1. The second-order valence-corrected chi connectivity index (χ2v) is 7.93. The van der Waals surface area contributed by atoms with Crippen LogP contribution in [-0.2, 0) is 0 Å². The predicted molar refractivity (Wildman–Crippen MR) is 108 cm³/mol. The van der Waals surface area contributed by atoms with Gasteiger partial charge in [-0.2, -0.15) is 0 Å². The number of aromatic carboxylic acids is 1. The third kappa shape index (κ3) is 3.02. The molecule has 0 fully saturated rings. The Morgan fingerprint density at radius 3 is 2.58 bits per heavy atom. The van der Waals surface area contributed by atoms with Crippen LogP contribution in [0, 0.1) is 6.92 Å². The lowest BCUT2D eigenvalue weighted by atomic mass is 10.1. The number of halogens is 1. The van der Waals surface area contributed by atoms with E-state index in [0.717, 1.165) is 25.6 Å². The van der Waals surface area contributed by atoms with Crippen molar-refractivity contribution < 1.29 is 9.90 Å². The van der Waals surface area contributed by atoms with E-state index >= 15 is 0 Å². The smallest absolute Gasteiger partial charge is 0.336 e. The van der Waals surface area contributed by atoms with Crippen molar-refractivity contribution in [1.82, 2.24) is 9.97 Å². The Hall–Kier alpha value is -2.57. The lowest BCUT2D eigenvalue weighted by Gasteiger charge is -2.06. The summed E-state index contributed by atoms with van der Waals surface area (Å²) in [6, 6.07) is 17.0. The molecule has 0 aliphatic heterocycles. The van der Waals surface area contributed by atoms with E-state index < -0.39 is 5.97 Å². The molecule has 4 aromatic rings. The van der Waals surface area contributed by atoms with Crippen LogP contribution in [0.2, 0.25) is 0 Å². The number of nitrogens with zero attached hydrogens (tertiary/aromatic N) is 2. The Bertz CT molecular complexity index is 1140. The molecule has 0 atom stereocenters. The fraction of sp³-hybridized carbons (Fsp3) is 0.0500.